The van der Waals surface area contributed by atoms with Gasteiger partial charge in [0.1, 0.15) is 23.6 Å². The van der Waals surface area contributed by atoms with Gasteiger partial charge >= 0.3 is 0 Å². The lowest BCUT2D eigenvalue weighted by molar-refractivity contribution is -0.136. The number of imide groups is 1. The molecular weight excluding hydrogens is 794 g/mol. The number of carbonyl (C=O) groups is 4. The van der Waals surface area contributed by atoms with E-state index in [4.69, 9.17) is 5.73 Å². The fourth-order valence-electron chi connectivity index (χ4n) is 9.97. The molecule has 7 heterocycles. The van der Waals surface area contributed by atoms with Gasteiger partial charge in [-0.25, -0.2) is 22.7 Å². The second-order valence-corrected chi connectivity index (χ2v) is 17.3. The Morgan fingerprint density at radius 3 is 2.56 bits per heavy atom. The molecule has 19 heteroatoms. The fraction of sp³-hybridized carbons (Fsp3) is 0.548. The molecule has 1 aromatic carbocycles. The maximum Gasteiger partial charge on any atom is 0.284 e. The van der Waals surface area contributed by atoms with Crippen LogP contribution < -0.4 is 26.2 Å². The fourth-order valence-corrected chi connectivity index (χ4v) is 9.97. The highest BCUT2D eigenvalue weighted by Gasteiger charge is 2.40. The first-order valence-corrected chi connectivity index (χ1v) is 21.3. The van der Waals surface area contributed by atoms with Crippen LogP contribution in [0.5, 0.6) is 0 Å². The lowest BCUT2D eigenvalue weighted by atomic mass is 9.85. The molecule has 1 unspecified atom stereocenters. The Morgan fingerprint density at radius 2 is 1.82 bits per heavy atom. The number of hydrogen-bond acceptors (Lipinski definition) is 11. The summed E-state index contributed by atoms with van der Waals surface area (Å²) in [6.07, 6.45) is 6.63. The largest absolute Gasteiger partial charge is 0.371 e. The summed E-state index contributed by atoms with van der Waals surface area (Å²) in [6.45, 7) is 3.58. The molecule has 4 amide bonds. The van der Waals surface area contributed by atoms with Crippen LogP contribution in [0.3, 0.4) is 0 Å². The zero-order valence-electron chi connectivity index (χ0n) is 34.1. The predicted octanol–water partition coefficient (Wildman–Crippen LogP) is 4.08. The molecule has 3 aromatic heterocycles. The molecule has 3 atom stereocenters. The van der Waals surface area contributed by atoms with Gasteiger partial charge in [0.15, 0.2) is 11.3 Å². The number of carbonyl (C=O) groups excluding carboxylic acids is 4. The van der Waals surface area contributed by atoms with Crippen LogP contribution in [0.25, 0.3) is 5.65 Å². The standard InChI is InChI=1S/C42H51F3N12O4/c1-52(28-10-13-53(14-11-28)30-6-7-31-25(16-30)20-55(42(31)61)34-8-9-36(58)50-41(34)60)19-24-2-4-29(5-3-24)57-23-33(37(51-57)38(44)45)48-40(59)32-18-47-56-15-12-35(49-39(32)56)54-21-26(43)17-27(46)22-54/h6-7,12,15-16,18,23-24,26-29,34,38H,2-5,8-11,13-14,17,19-22,46H2,1H3,(H,48,59)(H,50,58,60)/t24?,26-,27-,29?,34?/m1/s1. The summed E-state index contributed by atoms with van der Waals surface area (Å²) in [5.74, 6) is -0.639. The summed E-state index contributed by atoms with van der Waals surface area (Å²) >= 11 is 0. The number of hydrogen-bond donors (Lipinski definition) is 3. The van der Waals surface area contributed by atoms with E-state index in [1.54, 1.807) is 26.7 Å². The molecule has 324 valence electrons. The number of anilines is 3. The number of nitrogens with zero attached hydrogens (tertiary/aromatic N) is 9. The lowest BCUT2D eigenvalue weighted by Crippen LogP contribution is -2.52. The molecule has 4 N–H and O–H groups in total. The van der Waals surface area contributed by atoms with Crippen molar-refractivity contribution in [2.45, 2.75) is 101 Å². The molecule has 5 aliphatic rings. The van der Waals surface area contributed by atoms with Gasteiger partial charge in [-0.3, -0.25) is 29.2 Å². The molecule has 3 saturated heterocycles. The molecule has 4 aromatic rings. The van der Waals surface area contributed by atoms with Crippen molar-refractivity contribution < 1.29 is 32.3 Å². The zero-order chi connectivity index (χ0) is 42.5. The number of alkyl halides is 3. The van der Waals surface area contributed by atoms with Gasteiger partial charge in [0.2, 0.25) is 11.8 Å². The quantitative estimate of drug-likeness (QED) is 0.196. The molecule has 1 saturated carbocycles. The summed E-state index contributed by atoms with van der Waals surface area (Å²) in [5.41, 5.74) is 8.34. The molecule has 4 fully saturated rings. The van der Waals surface area contributed by atoms with Crippen molar-refractivity contribution in [3.05, 3.63) is 65.2 Å². The third-order valence-electron chi connectivity index (χ3n) is 13.3. The van der Waals surface area contributed by atoms with Gasteiger partial charge in [0.25, 0.3) is 18.2 Å². The van der Waals surface area contributed by atoms with Crippen LogP contribution in [0.15, 0.2) is 42.9 Å². The summed E-state index contributed by atoms with van der Waals surface area (Å²) < 4.78 is 45.9. The first-order valence-electron chi connectivity index (χ1n) is 21.3. The van der Waals surface area contributed by atoms with Gasteiger partial charge < -0.3 is 30.7 Å². The number of aromatic nitrogens is 5. The Balaban J connectivity index is 0.769. The predicted molar refractivity (Wildman–Crippen MR) is 219 cm³/mol. The Bertz CT molecular complexity index is 2310. The van der Waals surface area contributed by atoms with Crippen LogP contribution in [-0.4, -0.2) is 122 Å². The van der Waals surface area contributed by atoms with Crippen molar-refractivity contribution in [1.82, 2.24) is 39.5 Å². The molecule has 9 rings (SSSR count). The molecule has 16 nitrogen and oxygen atoms in total. The van der Waals surface area contributed by atoms with E-state index < -0.39 is 36.1 Å². The maximum atomic E-state index is 14.3. The Kier molecular flexibility index (Phi) is 11.2. The third-order valence-corrected chi connectivity index (χ3v) is 13.3. The Labute approximate surface area is 350 Å². The topological polar surface area (TPSA) is 179 Å². The second kappa shape index (κ2) is 16.7. The van der Waals surface area contributed by atoms with Crippen LogP contribution in [0.2, 0.25) is 0 Å². The van der Waals surface area contributed by atoms with Crippen LogP contribution in [0.4, 0.5) is 30.4 Å². The number of benzene rings is 1. The number of piperidine rings is 3. The summed E-state index contributed by atoms with van der Waals surface area (Å²) in [5, 5.41) is 13.5. The molecule has 0 spiro atoms. The normalized spacial score (nSPS) is 25.2. The second-order valence-electron chi connectivity index (χ2n) is 17.3. The lowest BCUT2D eigenvalue weighted by Gasteiger charge is -2.40. The van der Waals surface area contributed by atoms with E-state index in [-0.39, 0.29) is 60.2 Å². The van der Waals surface area contributed by atoms with E-state index in [2.05, 4.69) is 48.7 Å². The first kappa shape index (κ1) is 40.8. The SMILES string of the molecule is CN(CC1CCC(n2cc(NC(=O)c3cnn4ccc(N5C[C@H](N)C[C@@H](F)C5)nc34)c(C(F)F)n2)CC1)C1CCN(c2ccc3c(c2)CN(C2CCC(=O)NC2=O)C3=O)CC1. The highest BCUT2D eigenvalue weighted by atomic mass is 19.3. The molecular formula is C42H51F3N12O4. The minimum absolute atomic E-state index is 0.0615. The zero-order valence-corrected chi connectivity index (χ0v) is 34.1. The summed E-state index contributed by atoms with van der Waals surface area (Å²) in [4.78, 5) is 63.5. The van der Waals surface area contributed by atoms with Crippen LogP contribution in [0.1, 0.15) is 102 Å². The van der Waals surface area contributed by atoms with Gasteiger partial charge in [-0.1, -0.05) is 0 Å². The van der Waals surface area contributed by atoms with E-state index in [0.717, 1.165) is 69.4 Å². The Hall–Kier alpha value is -5.56. The number of rotatable bonds is 10. The van der Waals surface area contributed by atoms with Gasteiger partial charge in [-0.05, 0) is 94.2 Å². The first-order chi connectivity index (χ1) is 29.4. The van der Waals surface area contributed by atoms with Crippen molar-refractivity contribution >= 4 is 46.5 Å². The molecule has 0 bridgehead atoms. The average molecular weight is 845 g/mol. The summed E-state index contributed by atoms with van der Waals surface area (Å²) in [6, 6.07) is 6.93. The van der Waals surface area contributed by atoms with Crippen molar-refractivity contribution in [2.75, 3.05) is 54.9 Å². The molecule has 1 aliphatic carbocycles. The number of nitrogens with one attached hydrogen (secondary N) is 2. The van der Waals surface area contributed by atoms with E-state index in [1.165, 1.54) is 16.9 Å². The number of halogens is 3. The number of fused-ring (bicyclic) bond motifs is 2. The van der Waals surface area contributed by atoms with Crippen LogP contribution in [0, 0.1) is 5.92 Å². The number of nitrogens with two attached hydrogens (primary N) is 1. The van der Waals surface area contributed by atoms with Gasteiger partial charge in [0.05, 0.1) is 24.5 Å². The average Bonchev–Trinajstić information content (AvgIpc) is 3.96. The van der Waals surface area contributed by atoms with E-state index in [0.29, 0.717) is 42.9 Å². The monoisotopic (exact) mass is 844 g/mol. The van der Waals surface area contributed by atoms with E-state index >= 15 is 0 Å². The molecule has 4 aliphatic heterocycles. The smallest absolute Gasteiger partial charge is 0.284 e. The van der Waals surface area contributed by atoms with Crippen LogP contribution in [-0.2, 0) is 16.1 Å². The van der Waals surface area contributed by atoms with Gasteiger partial charge in [-0.2, -0.15) is 10.2 Å². The highest BCUT2D eigenvalue weighted by Crippen LogP contribution is 2.37. The van der Waals surface area contributed by atoms with E-state index in [9.17, 15) is 32.3 Å². The minimum atomic E-state index is -2.90. The molecule has 0 radical (unpaired) electrons. The van der Waals surface area contributed by atoms with E-state index in [1.807, 2.05) is 12.1 Å². The number of amides is 4. The van der Waals surface area contributed by atoms with Crippen molar-refractivity contribution in [2.24, 2.45) is 11.7 Å². The van der Waals surface area contributed by atoms with Crippen molar-refractivity contribution in [3.63, 3.8) is 0 Å². The Morgan fingerprint density at radius 1 is 1.03 bits per heavy atom. The maximum absolute atomic E-state index is 14.3. The highest BCUT2D eigenvalue weighted by molar-refractivity contribution is 6.08. The third kappa shape index (κ3) is 8.28. The van der Waals surface area contributed by atoms with Crippen LogP contribution >= 0.6 is 0 Å². The van der Waals surface area contributed by atoms with Gasteiger partial charge in [0, 0.05) is 74.9 Å². The minimum Gasteiger partial charge on any atom is -0.371 e. The molecule has 61 heavy (non-hydrogen) atoms. The van der Waals surface area contributed by atoms with Gasteiger partial charge in [-0.15, -0.1) is 0 Å². The summed E-state index contributed by atoms with van der Waals surface area (Å²) in [7, 11) is 2.18. The van der Waals surface area contributed by atoms with Crippen molar-refractivity contribution in [3.8, 4) is 0 Å². The van der Waals surface area contributed by atoms with Crippen molar-refractivity contribution in [1.29, 1.82) is 0 Å².